The summed E-state index contributed by atoms with van der Waals surface area (Å²) in [5.74, 6) is 0.0733. The fraction of sp³-hybridized carbons (Fsp3) is 0.278. The number of Topliss-reactive ketones (excluding diaryl/α,β-unsaturated/α-hetero) is 1. The predicted octanol–water partition coefficient (Wildman–Crippen LogP) is 4.97. The average Bonchev–Trinajstić information content (AvgIpc) is 2.62. The predicted molar refractivity (Wildman–Crippen MR) is 82.3 cm³/mol. The Balaban J connectivity index is 0.000000861. The fourth-order valence-electron chi connectivity index (χ4n) is 1.72. The van der Waals surface area contributed by atoms with Crippen molar-refractivity contribution in [2.45, 2.75) is 27.7 Å². The monoisotopic (exact) mass is 254 g/mol. The molecule has 0 atom stereocenters. The van der Waals surface area contributed by atoms with E-state index >= 15 is 0 Å². The minimum atomic E-state index is 0.00914. The molecule has 1 heteroatoms. The number of carbonyl (C=O) groups excluding carboxylic acids is 1. The number of carbonyl (C=O) groups is 1. The number of ketones is 1. The second-order valence-electron chi connectivity index (χ2n) is 4.83. The smallest absolute Gasteiger partial charge is 0.193 e. The Labute approximate surface area is 116 Å². The van der Waals surface area contributed by atoms with Crippen LogP contribution in [0.4, 0.5) is 0 Å². The molecule has 0 bridgehead atoms. The minimum absolute atomic E-state index is 0.00914. The van der Waals surface area contributed by atoms with Gasteiger partial charge in [-0.3, -0.25) is 4.79 Å². The van der Waals surface area contributed by atoms with Crippen molar-refractivity contribution in [1.82, 2.24) is 0 Å². The number of rotatable bonds is 2. The van der Waals surface area contributed by atoms with Gasteiger partial charge in [0, 0.05) is 16.6 Å². The molecule has 0 aromatic heterocycles. The Kier molecular flexibility index (Phi) is 5.50. The summed E-state index contributed by atoms with van der Waals surface area (Å²) < 4.78 is 0. The highest BCUT2D eigenvalue weighted by molar-refractivity contribution is 6.10. The van der Waals surface area contributed by atoms with Crippen LogP contribution in [0.25, 0.3) is 0 Å². The topological polar surface area (TPSA) is 17.1 Å². The lowest BCUT2D eigenvalue weighted by Crippen LogP contribution is -2.03. The van der Waals surface area contributed by atoms with Crippen LogP contribution in [0.5, 0.6) is 0 Å². The highest BCUT2D eigenvalue weighted by atomic mass is 16.1. The SMILES string of the molecule is CC.CC1(C)C=CC=C(C(=O)c2ccccc2)C=C1. The zero-order valence-corrected chi connectivity index (χ0v) is 12.2. The third kappa shape index (κ3) is 4.36. The van der Waals surface area contributed by atoms with Crippen LogP contribution in [0.2, 0.25) is 0 Å². The van der Waals surface area contributed by atoms with E-state index in [4.69, 9.17) is 0 Å². The Hall–Kier alpha value is -1.89. The van der Waals surface area contributed by atoms with E-state index in [0.717, 1.165) is 11.1 Å². The first-order chi connectivity index (χ1) is 9.08. The van der Waals surface area contributed by atoms with Gasteiger partial charge in [0.25, 0.3) is 0 Å². The summed E-state index contributed by atoms with van der Waals surface area (Å²) in [6.07, 6.45) is 9.89. The van der Waals surface area contributed by atoms with Gasteiger partial charge in [-0.2, -0.15) is 0 Å². The highest BCUT2D eigenvalue weighted by Crippen LogP contribution is 2.23. The lowest BCUT2D eigenvalue weighted by molar-refractivity contribution is 0.103. The van der Waals surface area contributed by atoms with E-state index in [0.29, 0.717) is 0 Å². The summed E-state index contributed by atoms with van der Waals surface area (Å²) in [5, 5.41) is 0. The van der Waals surface area contributed by atoms with Gasteiger partial charge in [-0.15, -0.1) is 0 Å². The van der Waals surface area contributed by atoms with Gasteiger partial charge in [-0.05, 0) is 0 Å². The molecule has 100 valence electrons. The quantitative estimate of drug-likeness (QED) is 0.681. The van der Waals surface area contributed by atoms with Crippen LogP contribution in [-0.4, -0.2) is 5.78 Å². The molecule has 2 rings (SSSR count). The van der Waals surface area contributed by atoms with E-state index in [2.05, 4.69) is 26.0 Å². The summed E-state index contributed by atoms with van der Waals surface area (Å²) in [5.41, 5.74) is 1.48. The van der Waals surface area contributed by atoms with Crippen molar-refractivity contribution in [3.63, 3.8) is 0 Å². The number of allylic oxidation sites excluding steroid dienone is 6. The van der Waals surface area contributed by atoms with Crippen LogP contribution in [0.15, 0.2) is 66.3 Å². The van der Waals surface area contributed by atoms with Crippen LogP contribution in [-0.2, 0) is 0 Å². The third-order valence-electron chi connectivity index (χ3n) is 2.79. The van der Waals surface area contributed by atoms with Crippen LogP contribution < -0.4 is 0 Å². The van der Waals surface area contributed by atoms with Gasteiger partial charge in [0.05, 0.1) is 0 Å². The molecule has 0 aliphatic heterocycles. The molecule has 19 heavy (non-hydrogen) atoms. The van der Waals surface area contributed by atoms with Gasteiger partial charge < -0.3 is 0 Å². The van der Waals surface area contributed by atoms with Crippen molar-refractivity contribution >= 4 is 5.78 Å². The molecule has 0 saturated heterocycles. The summed E-state index contributed by atoms with van der Waals surface area (Å²) in [7, 11) is 0. The fourth-order valence-corrected chi connectivity index (χ4v) is 1.72. The zero-order valence-electron chi connectivity index (χ0n) is 12.2. The van der Waals surface area contributed by atoms with Gasteiger partial charge in [0.1, 0.15) is 0 Å². The summed E-state index contributed by atoms with van der Waals surface area (Å²) in [4.78, 5) is 12.2. The van der Waals surface area contributed by atoms with Crippen LogP contribution >= 0.6 is 0 Å². The maximum Gasteiger partial charge on any atom is 0.193 e. The Morgan fingerprint density at radius 1 is 1.00 bits per heavy atom. The molecule has 1 nitrogen and oxygen atoms in total. The molecule has 0 saturated carbocycles. The van der Waals surface area contributed by atoms with Gasteiger partial charge in [-0.1, -0.05) is 88.4 Å². The minimum Gasteiger partial charge on any atom is -0.289 e. The van der Waals surface area contributed by atoms with Gasteiger partial charge in [0.15, 0.2) is 5.78 Å². The molecular formula is C18H22O. The van der Waals surface area contributed by atoms with Crippen molar-refractivity contribution < 1.29 is 4.79 Å². The molecule has 0 spiro atoms. The first kappa shape index (κ1) is 15.2. The van der Waals surface area contributed by atoms with E-state index in [1.165, 1.54) is 0 Å². The molecule has 0 fully saturated rings. The first-order valence-electron chi connectivity index (χ1n) is 6.77. The van der Waals surface area contributed by atoms with Crippen molar-refractivity contribution in [3.8, 4) is 0 Å². The Morgan fingerprint density at radius 3 is 2.26 bits per heavy atom. The number of benzene rings is 1. The summed E-state index contributed by atoms with van der Waals surface area (Å²) >= 11 is 0. The van der Waals surface area contributed by atoms with E-state index in [9.17, 15) is 4.79 Å². The Bertz CT molecular complexity index is 502. The molecule has 1 aromatic rings. The average molecular weight is 254 g/mol. The van der Waals surface area contributed by atoms with E-state index < -0.39 is 0 Å². The number of hydrogen-bond acceptors (Lipinski definition) is 1. The molecule has 1 aromatic carbocycles. The Morgan fingerprint density at radius 2 is 1.63 bits per heavy atom. The largest absolute Gasteiger partial charge is 0.289 e. The molecule has 0 N–H and O–H groups in total. The van der Waals surface area contributed by atoms with Crippen LogP contribution in [0, 0.1) is 5.41 Å². The van der Waals surface area contributed by atoms with E-state index in [-0.39, 0.29) is 11.2 Å². The molecule has 1 aliphatic rings. The third-order valence-corrected chi connectivity index (χ3v) is 2.79. The first-order valence-corrected chi connectivity index (χ1v) is 6.77. The molecule has 1 aliphatic carbocycles. The van der Waals surface area contributed by atoms with Gasteiger partial charge >= 0.3 is 0 Å². The lowest BCUT2D eigenvalue weighted by atomic mass is 9.93. The zero-order chi connectivity index (χ0) is 14.3. The van der Waals surface area contributed by atoms with Crippen LogP contribution in [0.1, 0.15) is 38.1 Å². The second kappa shape index (κ2) is 6.89. The normalized spacial score (nSPS) is 15.9. The van der Waals surface area contributed by atoms with Gasteiger partial charge in [0.2, 0.25) is 0 Å². The van der Waals surface area contributed by atoms with E-state index in [1.54, 1.807) is 0 Å². The lowest BCUT2D eigenvalue weighted by Gasteiger charge is -2.12. The van der Waals surface area contributed by atoms with Crippen molar-refractivity contribution in [3.05, 3.63) is 71.8 Å². The van der Waals surface area contributed by atoms with Crippen molar-refractivity contribution in [2.75, 3.05) is 0 Å². The maximum atomic E-state index is 12.2. The summed E-state index contributed by atoms with van der Waals surface area (Å²) in [6, 6.07) is 9.37. The molecular weight excluding hydrogens is 232 g/mol. The van der Waals surface area contributed by atoms with Crippen LogP contribution in [0.3, 0.4) is 0 Å². The molecule has 0 heterocycles. The van der Waals surface area contributed by atoms with E-state index in [1.807, 2.05) is 62.4 Å². The standard InChI is InChI=1S/C16H16O.C2H6/c1-16(2)11-6-9-14(10-12-16)15(17)13-7-4-3-5-8-13;1-2/h3-12H,1-2H3;1-2H3. The molecule has 0 amide bonds. The number of hydrogen-bond donors (Lipinski definition) is 0. The van der Waals surface area contributed by atoms with Gasteiger partial charge in [-0.25, -0.2) is 0 Å². The molecule has 0 radical (unpaired) electrons. The molecule has 0 unspecified atom stereocenters. The van der Waals surface area contributed by atoms with Crippen molar-refractivity contribution in [1.29, 1.82) is 0 Å². The maximum absolute atomic E-state index is 12.2. The van der Waals surface area contributed by atoms with Crippen molar-refractivity contribution in [2.24, 2.45) is 5.41 Å². The second-order valence-corrected chi connectivity index (χ2v) is 4.83. The summed E-state index contributed by atoms with van der Waals surface area (Å²) in [6.45, 7) is 8.23. The highest BCUT2D eigenvalue weighted by Gasteiger charge is 2.14.